The van der Waals surface area contributed by atoms with E-state index < -0.39 is 0 Å². The van der Waals surface area contributed by atoms with Crippen molar-refractivity contribution in [2.75, 3.05) is 19.0 Å². The van der Waals surface area contributed by atoms with Crippen LogP contribution in [0.3, 0.4) is 0 Å². The molecule has 0 N–H and O–H groups in total. The van der Waals surface area contributed by atoms with Gasteiger partial charge in [0.05, 0.1) is 5.69 Å². The Morgan fingerprint density at radius 2 is 2.00 bits per heavy atom. The Balaban J connectivity index is 2.25. The maximum absolute atomic E-state index is 5.33. The predicted molar refractivity (Wildman–Crippen MR) is 80.6 cm³/mol. The number of hydrogen-bond acceptors (Lipinski definition) is 3. The van der Waals surface area contributed by atoms with E-state index in [1.165, 1.54) is 0 Å². The van der Waals surface area contributed by atoms with Gasteiger partial charge in [-0.3, -0.25) is 0 Å². The van der Waals surface area contributed by atoms with Crippen LogP contribution in [0.2, 0.25) is 0 Å². The standard InChI is InChI=1S/C16H17N4/c1-5-20-10-6-7-14(12-20)17-18-16-9-8-15(19(3)4)11-13(16)2/h1,6-12H,2-4H3/q+1. The van der Waals surface area contributed by atoms with Gasteiger partial charge in [0.25, 0.3) is 0 Å². The Morgan fingerprint density at radius 1 is 1.20 bits per heavy atom. The zero-order chi connectivity index (χ0) is 14.5. The summed E-state index contributed by atoms with van der Waals surface area (Å²) >= 11 is 0. The van der Waals surface area contributed by atoms with E-state index in [2.05, 4.69) is 27.2 Å². The smallest absolute Gasteiger partial charge is 0.225 e. The van der Waals surface area contributed by atoms with Crippen LogP contribution in [0.1, 0.15) is 5.56 Å². The fourth-order valence-corrected chi connectivity index (χ4v) is 1.74. The zero-order valence-corrected chi connectivity index (χ0v) is 11.9. The molecule has 1 aromatic carbocycles. The van der Waals surface area contributed by atoms with Crippen molar-refractivity contribution in [3.63, 3.8) is 0 Å². The SMILES string of the molecule is C#C[n+]1cccc(N=Nc2ccc(N(C)C)cc2C)c1. The van der Waals surface area contributed by atoms with Crippen LogP contribution in [0.25, 0.3) is 0 Å². The van der Waals surface area contributed by atoms with Gasteiger partial charge >= 0.3 is 0 Å². The average Bonchev–Trinajstić information content (AvgIpc) is 2.46. The third kappa shape index (κ3) is 3.21. The second-order valence-electron chi connectivity index (χ2n) is 4.66. The minimum atomic E-state index is 0.724. The molecule has 2 rings (SSSR count). The fraction of sp³-hybridized carbons (Fsp3) is 0.188. The van der Waals surface area contributed by atoms with Gasteiger partial charge in [-0.1, -0.05) is 0 Å². The topological polar surface area (TPSA) is 31.8 Å². The molecule has 0 radical (unpaired) electrons. The third-order valence-corrected chi connectivity index (χ3v) is 2.90. The highest BCUT2D eigenvalue weighted by molar-refractivity contribution is 5.57. The summed E-state index contributed by atoms with van der Waals surface area (Å²) in [5.74, 6) is 0. The summed E-state index contributed by atoms with van der Waals surface area (Å²) in [6, 6.07) is 12.3. The van der Waals surface area contributed by atoms with Gasteiger partial charge in [-0.15, -0.1) is 9.68 Å². The quantitative estimate of drug-likeness (QED) is 0.476. The molecule has 4 heteroatoms. The van der Waals surface area contributed by atoms with Crippen LogP contribution >= 0.6 is 0 Å². The van der Waals surface area contributed by atoms with Crippen molar-refractivity contribution in [2.45, 2.75) is 6.92 Å². The molecule has 1 heterocycles. The van der Waals surface area contributed by atoms with Crippen LogP contribution in [-0.2, 0) is 0 Å². The highest BCUT2D eigenvalue weighted by Crippen LogP contribution is 2.25. The number of benzene rings is 1. The first-order chi connectivity index (χ1) is 9.60. The molecule has 0 saturated heterocycles. The Labute approximate surface area is 119 Å². The van der Waals surface area contributed by atoms with Crippen LogP contribution in [0, 0.1) is 19.4 Å². The molecule has 4 nitrogen and oxygen atoms in total. The van der Waals surface area contributed by atoms with E-state index in [0.29, 0.717) is 0 Å². The number of nitrogens with zero attached hydrogens (tertiary/aromatic N) is 4. The van der Waals surface area contributed by atoms with E-state index in [1.54, 1.807) is 17.0 Å². The Kier molecular flexibility index (Phi) is 4.11. The summed E-state index contributed by atoms with van der Waals surface area (Å²) in [6.07, 6.45) is 8.88. The fourth-order valence-electron chi connectivity index (χ4n) is 1.74. The number of terminal acetylenes is 1. The summed E-state index contributed by atoms with van der Waals surface area (Å²) in [5.41, 5.74) is 3.81. The molecule has 20 heavy (non-hydrogen) atoms. The van der Waals surface area contributed by atoms with Gasteiger partial charge in [0.15, 0.2) is 11.9 Å². The molecule has 0 saturated carbocycles. The third-order valence-electron chi connectivity index (χ3n) is 2.90. The first-order valence-electron chi connectivity index (χ1n) is 6.28. The van der Waals surface area contributed by atoms with Crippen molar-refractivity contribution in [3.8, 4) is 12.5 Å². The summed E-state index contributed by atoms with van der Waals surface area (Å²) in [7, 11) is 4.02. The highest BCUT2D eigenvalue weighted by Gasteiger charge is 2.02. The summed E-state index contributed by atoms with van der Waals surface area (Å²) in [6.45, 7) is 2.02. The van der Waals surface area contributed by atoms with Crippen LogP contribution in [0.4, 0.5) is 17.1 Å². The molecule has 0 fully saturated rings. The molecule has 100 valence electrons. The summed E-state index contributed by atoms with van der Waals surface area (Å²) in [4.78, 5) is 2.06. The summed E-state index contributed by atoms with van der Waals surface area (Å²) < 4.78 is 1.61. The van der Waals surface area contributed by atoms with E-state index in [1.807, 2.05) is 45.3 Å². The first kappa shape index (κ1) is 13.8. The van der Waals surface area contributed by atoms with Crippen LogP contribution in [0.5, 0.6) is 0 Å². The molecule has 0 aliphatic heterocycles. The molecular weight excluding hydrogens is 248 g/mol. The Morgan fingerprint density at radius 3 is 2.65 bits per heavy atom. The van der Waals surface area contributed by atoms with E-state index in [-0.39, 0.29) is 0 Å². The molecule has 0 bridgehead atoms. The predicted octanol–water partition coefficient (Wildman–Crippen LogP) is 3.20. The number of hydrogen-bond donors (Lipinski definition) is 0. The lowest BCUT2D eigenvalue weighted by Crippen LogP contribution is -2.25. The second kappa shape index (κ2) is 5.98. The van der Waals surface area contributed by atoms with Gasteiger partial charge in [-0.2, -0.15) is 5.11 Å². The number of azo groups is 1. The van der Waals surface area contributed by atoms with Crippen molar-refractivity contribution < 1.29 is 4.57 Å². The van der Waals surface area contributed by atoms with E-state index in [0.717, 1.165) is 22.6 Å². The Bertz CT molecular complexity index is 681. The van der Waals surface area contributed by atoms with Crippen LogP contribution < -0.4 is 9.47 Å². The van der Waals surface area contributed by atoms with Gasteiger partial charge in [0, 0.05) is 25.8 Å². The molecule has 0 aliphatic carbocycles. The molecule has 0 atom stereocenters. The normalized spacial score (nSPS) is 10.5. The maximum atomic E-state index is 5.33. The van der Waals surface area contributed by atoms with Crippen molar-refractivity contribution in [3.05, 3.63) is 48.3 Å². The molecule has 0 spiro atoms. The lowest BCUT2D eigenvalue weighted by atomic mass is 10.2. The van der Waals surface area contributed by atoms with Crippen molar-refractivity contribution in [2.24, 2.45) is 10.2 Å². The van der Waals surface area contributed by atoms with Gasteiger partial charge in [0.1, 0.15) is 0 Å². The molecule has 0 amide bonds. The number of rotatable bonds is 3. The minimum Gasteiger partial charge on any atom is -0.378 e. The maximum Gasteiger partial charge on any atom is 0.225 e. The number of anilines is 1. The number of aromatic nitrogens is 1. The first-order valence-corrected chi connectivity index (χ1v) is 6.28. The molecule has 1 aromatic heterocycles. The molecular formula is C16H17N4+. The largest absolute Gasteiger partial charge is 0.378 e. The molecule has 2 aromatic rings. The van der Waals surface area contributed by atoms with Crippen LogP contribution in [-0.4, -0.2) is 14.1 Å². The van der Waals surface area contributed by atoms with Gasteiger partial charge < -0.3 is 4.90 Å². The lowest BCUT2D eigenvalue weighted by molar-refractivity contribution is -0.582. The molecule has 0 aliphatic rings. The van der Waals surface area contributed by atoms with Gasteiger partial charge in [-0.25, -0.2) is 0 Å². The minimum absolute atomic E-state index is 0.724. The van der Waals surface area contributed by atoms with E-state index in [9.17, 15) is 0 Å². The van der Waals surface area contributed by atoms with E-state index in [4.69, 9.17) is 6.42 Å². The van der Waals surface area contributed by atoms with Crippen molar-refractivity contribution in [1.82, 2.24) is 0 Å². The monoisotopic (exact) mass is 265 g/mol. The summed E-state index contributed by atoms with van der Waals surface area (Å²) in [5, 5.41) is 8.49. The van der Waals surface area contributed by atoms with Crippen molar-refractivity contribution >= 4 is 17.1 Å². The van der Waals surface area contributed by atoms with Crippen LogP contribution in [0.15, 0.2) is 53.0 Å². The lowest BCUT2D eigenvalue weighted by Gasteiger charge is -2.13. The molecule has 0 unspecified atom stereocenters. The number of pyridine rings is 1. The zero-order valence-electron chi connectivity index (χ0n) is 11.9. The Hall–Kier alpha value is -2.67. The van der Waals surface area contributed by atoms with Gasteiger partial charge in [-0.05, 0) is 43.2 Å². The van der Waals surface area contributed by atoms with Crippen molar-refractivity contribution in [1.29, 1.82) is 0 Å². The van der Waals surface area contributed by atoms with Gasteiger partial charge in [0.2, 0.25) is 12.2 Å². The number of aryl methyl sites for hydroxylation is 1. The van der Waals surface area contributed by atoms with E-state index >= 15 is 0 Å². The average molecular weight is 265 g/mol. The second-order valence-corrected chi connectivity index (χ2v) is 4.66. The highest BCUT2D eigenvalue weighted by atomic mass is 15.1.